The van der Waals surface area contributed by atoms with E-state index in [0.717, 1.165) is 4.90 Å². The number of quaternary nitrogens is 1. The molecule has 1 unspecified atom stereocenters. The topological polar surface area (TPSA) is 107 Å². The lowest BCUT2D eigenvalue weighted by molar-refractivity contribution is -0.941. The van der Waals surface area contributed by atoms with Crippen LogP contribution in [0.4, 0.5) is 15.8 Å². The number of non-ortho nitro benzene ring substituents is 1. The predicted molar refractivity (Wildman–Crippen MR) is 127 cm³/mol. The maximum atomic E-state index is 14.6. The molecule has 8 nitrogen and oxygen atoms in total. The number of fused-ring (bicyclic) bond motifs is 4. The summed E-state index contributed by atoms with van der Waals surface area (Å²) in [5.74, 6) is -1.31. The summed E-state index contributed by atoms with van der Waals surface area (Å²) in [6, 6.07) is 13.6. The monoisotopic (exact) mass is 491 g/mol. The number of nitrogens with one attached hydrogen (secondary N) is 2. The average Bonchev–Trinajstić information content (AvgIpc) is 3.52. The summed E-state index contributed by atoms with van der Waals surface area (Å²) in [6.07, 6.45) is 3.03. The van der Waals surface area contributed by atoms with E-state index in [0.29, 0.717) is 34.0 Å². The molecule has 5 atom stereocenters. The summed E-state index contributed by atoms with van der Waals surface area (Å²) >= 11 is 1.66. The third-order valence-electron chi connectivity index (χ3n) is 7.48. The number of carbonyl (C=O) groups is 2. The van der Waals surface area contributed by atoms with Gasteiger partial charge in [-0.25, -0.2) is 4.39 Å². The Morgan fingerprint density at radius 2 is 2.09 bits per heavy atom. The summed E-state index contributed by atoms with van der Waals surface area (Å²) in [4.78, 5) is 44.1. The van der Waals surface area contributed by atoms with Gasteiger partial charge in [-0.05, 0) is 35.9 Å². The molecule has 3 aliphatic rings. The van der Waals surface area contributed by atoms with Gasteiger partial charge in [0.2, 0.25) is 5.54 Å². The fourth-order valence-corrected chi connectivity index (χ4v) is 7.61. The Morgan fingerprint density at radius 3 is 2.86 bits per heavy atom. The SMILES string of the molecule is O=C(c1cccnc1)[C@H]1[C@H](c2cccc([N+](=O)[O-])c2)[C@@H]2CSC[NH+]2[C@@]12C(=O)Nc1ccc(F)cc12. The van der Waals surface area contributed by atoms with Crippen LogP contribution in [0, 0.1) is 21.8 Å². The van der Waals surface area contributed by atoms with Crippen LogP contribution in [0.15, 0.2) is 67.0 Å². The number of amides is 1. The maximum absolute atomic E-state index is 14.6. The van der Waals surface area contributed by atoms with Crippen molar-refractivity contribution in [3.05, 3.63) is 99.6 Å². The van der Waals surface area contributed by atoms with Crippen LogP contribution in [0.3, 0.4) is 0 Å². The number of Topliss-reactive ketones (excluding diaryl/α,β-unsaturated/α-hetero) is 1. The number of nitro groups is 1. The van der Waals surface area contributed by atoms with Crippen molar-refractivity contribution in [2.45, 2.75) is 17.5 Å². The number of benzene rings is 2. The third-order valence-corrected chi connectivity index (χ3v) is 8.59. The molecule has 35 heavy (non-hydrogen) atoms. The highest BCUT2D eigenvalue weighted by Crippen LogP contribution is 2.52. The highest BCUT2D eigenvalue weighted by molar-refractivity contribution is 7.99. The molecule has 2 saturated heterocycles. The number of hydrogen-bond donors (Lipinski definition) is 2. The number of ketones is 1. The van der Waals surface area contributed by atoms with Gasteiger partial charge in [0.05, 0.1) is 22.3 Å². The van der Waals surface area contributed by atoms with Gasteiger partial charge in [0.1, 0.15) is 23.7 Å². The van der Waals surface area contributed by atoms with Gasteiger partial charge >= 0.3 is 0 Å². The van der Waals surface area contributed by atoms with Crippen molar-refractivity contribution in [1.82, 2.24) is 4.98 Å². The first kappa shape index (κ1) is 21.9. The van der Waals surface area contributed by atoms with Gasteiger partial charge < -0.3 is 10.2 Å². The molecule has 4 heterocycles. The number of nitro benzene ring substituents is 1. The van der Waals surface area contributed by atoms with Crippen LogP contribution >= 0.6 is 11.8 Å². The first-order valence-electron chi connectivity index (χ1n) is 11.2. The Hall–Kier alpha value is -3.63. The number of aromatic nitrogens is 1. The minimum Gasteiger partial charge on any atom is -0.320 e. The van der Waals surface area contributed by atoms with E-state index in [1.54, 1.807) is 42.2 Å². The molecule has 2 aromatic carbocycles. The number of nitrogens with zero attached hydrogens (tertiary/aromatic N) is 2. The smallest absolute Gasteiger partial charge is 0.291 e. The van der Waals surface area contributed by atoms with E-state index < -0.39 is 28.1 Å². The van der Waals surface area contributed by atoms with Gasteiger partial charge in [0, 0.05) is 35.7 Å². The molecule has 2 fully saturated rings. The van der Waals surface area contributed by atoms with Crippen LogP contribution in [0.5, 0.6) is 0 Å². The normalized spacial score (nSPS) is 28.5. The number of carbonyl (C=O) groups excluding carboxylic acids is 2. The zero-order valence-electron chi connectivity index (χ0n) is 18.3. The van der Waals surface area contributed by atoms with Gasteiger partial charge in [0.15, 0.2) is 5.78 Å². The van der Waals surface area contributed by atoms with Crippen LogP contribution < -0.4 is 10.2 Å². The van der Waals surface area contributed by atoms with Crippen molar-refractivity contribution < 1.29 is 23.8 Å². The molecule has 2 N–H and O–H groups in total. The summed E-state index contributed by atoms with van der Waals surface area (Å²) in [5.41, 5.74) is 0.474. The number of rotatable bonds is 4. The Bertz CT molecular complexity index is 1390. The molecule has 0 radical (unpaired) electrons. The summed E-state index contributed by atoms with van der Waals surface area (Å²) in [6.45, 7) is 0. The lowest BCUT2D eigenvalue weighted by atomic mass is 9.69. The molecule has 0 aliphatic carbocycles. The van der Waals surface area contributed by atoms with Crippen molar-refractivity contribution in [3.63, 3.8) is 0 Å². The van der Waals surface area contributed by atoms with Gasteiger partial charge in [-0.2, -0.15) is 0 Å². The van der Waals surface area contributed by atoms with Crippen LogP contribution in [-0.4, -0.2) is 39.3 Å². The van der Waals surface area contributed by atoms with Crippen LogP contribution in [0.1, 0.15) is 27.4 Å². The van der Waals surface area contributed by atoms with Crippen molar-refractivity contribution in [1.29, 1.82) is 0 Å². The van der Waals surface area contributed by atoms with E-state index in [1.807, 2.05) is 0 Å². The quantitative estimate of drug-likeness (QED) is 0.330. The molecule has 0 bridgehead atoms. The number of hydrogen-bond acceptors (Lipinski definition) is 6. The first-order chi connectivity index (χ1) is 16.9. The fraction of sp³-hybridized carbons (Fsp3) is 0.240. The Morgan fingerprint density at radius 1 is 1.23 bits per heavy atom. The molecule has 1 spiro atoms. The second kappa shape index (κ2) is 7.96. The van der Waals surface area contributed by atoms with Crippen molar-refractivity contribution in [2.24, 2.45) is 5.92 Å². The Balaban J connectivity index is 1.63. The fourth-order valence-electron chi connectivity index (χ4n) is 6.17. The molecule has 6 rings (SSSR count). The predicted octanol–water partition coefficient (Wildman–Crippen LogP) is 2.53. The number of halogens is 1. The molecular weight excluding hydrogens is 471 g/mol. The Kier molecular flexibility index (Phi) is 4.97. The largest absolute Gasteiger partial charge is 0.320 e. The van der Waals surface area contributed by atoms with Crippen molar-refractivity contribution in [2.75, 3.05) is 16.9 Å². The van der Waals surface area contributed by atoms with E-state index in [2.05, 4.69) is 10.3 Å². The van der Waals surface area contributed by atoms with Gasteiger partial charge in [-0.15, -0.1) is 0 Å². The molecule has 176 valence electrons. The summed E-state index contributed by atoms with van der Waals surface area (Å²) < 4.78 is 14.6. The summed E-state index contributed by atoms with van der Waals surface area (Å²) in [5, 5.41) is 14.4. The van der Waals surface area contributed by atoms with Crippen LogP contribution in [0.25, 0.3) is 0 Å². The maximum Gasteiger partial charge on any atom is 0.291 e. The first-order valence-corrected chi connectivity index (χ1v) is 12.3. The highest BCUT2D eigenvalue weighted by Gasteiger charge is 2.73. The standard InChI is InChI=1S/C25H19FN4O4S/c26-16-6-7-19-18(10-16)25(24(32)28-19)22(23(31)15-4-2-8-27-11-15)21(20-12-35-13-29(20)25)14-3-1-5-17(9-14)30(33)34/h1-11,20-22H,12-13H2,(H,28,32)/p+1/t20-,21+,22+,25+/m0/s1. The van der Waals surface area contributed by atoms with Gasteiger partial charge in [-0.1, -0.05) is 23.9 Å². The zero-order valence-corrected chi connectivity index (χ0v) is 19.1. The number of pyridine rings is 1. The van der Waals surface area contributed by atoms with Crippen molar-refractivity contribution in [3.8, 4) is 0 Å². The van der Waals surface area contributed by atoms with Crippen LogP contribution in [0.2, 0.25) is 0 Å². The highest BCUT2D eigenvalue weighted by atomic mass is 32.2. The lowest BCUT2D eigenvalue weighted by Gasteiger charge is -2.33. The third kappa shape index (κ3) is 3.06. The number of anilines is 1. The van der Waals surface area contributed by atoms with E-state index in [1.165, 1.54) is 36.5 Å². The van der Waals surface area contributed by atoms with E-state index >= 15 is 0 Å². The Labute approximate surface area is 203 Å². The minimum atomic E-state index is -1.37. The molecular formula is C25H20FN4O4S+. The van der Waals surface area contributed by atoms with Crippen molar-refractivity contribution >= 4 is 34.8 Å². The molecule has 3 aromatic rings. The molecule has 1 aromatic heterocycles. The van der Waals surface area contributed by atoms with E-state index in [-0.39, 0.29) is 23.4 Å². The second-order valence-corrected chi connectivity index (χ2v) is 10.1. The van der Waals surface area contributed by atoms with Gasteiger partial charge in [0.25, 0.3) is 11.6 Å². The average molecular weight is 492 g/mol. The molecule has 10 heteroatoms. The zero-order chi connectivity index (χ0) is 24.3. The summed E-state index contributed by atoms with van der Waals surface area (Å²) in [7, 11) is 0. The second-order valence-electron chi connectivity index (χ2n) is 9.06. The minimum absolute atomic E-state index is 0.0782. The lowest BCUT2D eigenvalue weighted by Crippen LogP contribution is -3.19. The number of thioether (sulfide) groups is 1. The molecule has 0 saturated carbocycles. The molecule has 3 aliphatic heterocycles. The van der Waals surface area contributed by atoms with E-state index in [4.69, 9.17) is 0 Å². The molecule has 1 amide bonds. The van der Waals surface area contributed by atoms with Gasteiger partial charge in [-0.3, -0.25) is 24.7 Å². The van der Waals surface area contributed by atoms with E-state index in [9.17, 15) is 24.1 Å². The van der Waals surface area contributed by atoms with Crippen LogP contribution in [-0.2, 0) is 10.3 Å².